The zero-order chi connectivity index (χ0) is 14.3. The number of hydrogen-bond donors (Lipinski definition) is 1. The predicted molar refractivity (Wildman–Crippen MR) is 53.7 cm³/mol. The zero-order valence-corrected chi connectivity index (χ0v) is 9.43. The molecule has 0 fully saturated rings. The molecule has 100 valence electrons. The zero-order valence-electron chi connectivity index (χ0n) is 8.68. The summed E-state index contributed by atoms with van der Waals surface area (Å²) in [5.74, 6) is -9.52. The lowest BCUT2D eigenvalue weighted by atomic mass is 10.1. The van der Waals surface area contributed by atoms with E-state index in [2.05, 4.69) is 9.68 Å². The number of rotatable bonds is 2. The first-order valence-electron chi connectivity index (χ1n) is 4.56. The lowest BCUT2D eigenvalue weighted by Gasteiger charge is -2.05. The Balaban J connectivity index is 2.71. The molecule has 0 aliphatic rings. The number of hydrogen-bond acceptors (Lipinski definition) is 3. The fourth-order valence-electron chi connectivity index (χ4n) is 1.32. The van der Waals surface area contributed by atoms with Crippen LogP contribution < -0.4 is 0 Å². The Hall–Kier alpha value is -2.09. The third-order valence-electron chi connectivity index (χ3n) is 2.19. The monoisotopic (exact) mass is 295 g/mol. The molecule has 0 unspecified atom stereocenters. The van der Waals surface area contributed by atoms with Crippen molar-refractivity contribution >= 4 is 17.6 Å². The van der Waals surface area contributed by atoms with E-state index in [0.717, 1.165) is 0 Å². The number of carbonyl (C=O) groups is 1. The van der Waals surface area contributed by atoms with E-state index in [0.29, 0.717) is 6.07 Å². The maximum atomic E-state index is 13.5. The maximum Gasteiger partial charge on any atom is 0.374 e. The van der Waals surface area contributed by atoms with Gasteiger partial charge in [-0.2, -0.15) is 0 Å². The van der Waals surface area contributed by atoms with E-state index >= 15 is 0 Å². The number of benzene rings is 1. The van der Waals surface area contributed by atoms with Crippen LogP contribution in [-0.4, -0.2) is 16.2 Å². The quantitative estimate of drug-likeness (QED) is 0.525. The van der Waals surface area contributed by atoms with Crippen LogP contribution in [0.2, 0.25) is 5.02 Å². The fraction of sp³-hybridized carbons (Fsp3) is 0. The summed E-state index contributed by atoms with van der Waals surface area (Å²) in [6, 6.07) is 0.622. The minimum atomic E-state index is -1.81. The summed E-state index contributed by atoms with van der Waals surface area (Å²) < 4.78 is 57.6. The van der Waals surface area contributed by atoms with Gasteiger partial charge in [-0.05, 0) is 0 Å². The van der Waals surface area contributed by atoms with Gasteiger partial charge in [0, 0.05) is 6.07 Å². The molecule has 0 amide bonds. The molecule has 0 aliphatic heterocycles. The molecule has 0 spiro atoms. The topological polar surface area (TPSA) is 63.3 Å². The molecule has 1 aromatic carbocycles. The highest BCUT2D eigenvalue weighted by Gasteiger charge is 2.27. The molecule has 2 rings (SSSR count). The maximum absolute atomic E-state index is 13.5. The van der Waals surface area contributed by atoms with Crippen LogP contribution in [0.4, 0.5) is 17.6 Å². The van der Waals surface area contributed by atoms with Gasteiger partial charge in [-0.15, -0.1) is 0 Å². The number of halogens is 5. The highest BCUT2D eigenvalue weighted by atomic mass is 35.5. The van der Waals surface area contributed by atoms with Gasteiger partial charge in [-0.1, -0.05) is 16.8 Å². The largest absolute Gasteiger partial charge is 0.475 e. The van der Waals surface area contributed by atoms with Crippen LogP contribution in [0.5, 0.6) is 0 Å². The molecule has 0 saturated carbocycles. The number of carboxylic acids is 1. The van der Waals surface area contributed by atoms with Crippen molar-refractivity contribution in [2.24, 2.45) is 0 Å². The molecule has 0 bridgehead atoms. The number of aromatic nitrogens is 1. The molecule has 0 saturated heterocycles. The van der Waals surface area contributed by atoms with E-state index < -0.39 is 51.3 Å². The standard InChI is InChI=1S/C10H2ClF4NO3/c11-5-8(14)6(12)4(7(13)9(5)15)2-1-3(10(17)18)19-16-2/h1H,(H,17,18). The minimum Gasteiger partial charge on any atom is -0.475 e. The van der Waals surface area contributed by atoms with E-state index in [1.165, 1.54) is 0 Å². The van der Waals surface area contributed by atoms with Crippen molar-refractivity contribution < 1.29 is 32.0 Å². The molecule has 1 aromatic heterocycles. The molecule has 0 radical (unpaired) electrons. The Labute approximate surface area is 107 Å². The van der Waals surface area contributed by atoms with Crippen LogP contribution in [0.1, 0.15) is 10.6 Å². The molecule has 1 N–H and O–H groups in total. The van der Waals surface area contributed by atoms with Crippen LogP contribution in [0.25, 0.3) is 11.3 Å². The van der Waals surface area contributed by atoms with Gasteiger partial charge in [0.2, 0.25) is 5.76 Å². The van der Waals surface area contributed by atoms with Crippen molar-refractivity contribution in [2.75, 3.05) is 0 Å². The first-order valence-corrected chi connectivity index (χ1v) is 4.94. The van der Waals surface area contributed by atoms with Gasteiger partial charge in [0.15, 0.2) is 23.3 Å². The van der Waals surface area contributed by atoms with Crippen LogP contribution in [0.15, 0.2) is 10.6 Å². The normalized spacial score (nSPS) is 10.8. The van der Waals surface area contributed by atoms with Gasteiger partial charge < -0.3 is 9.63 Å². The van der Waals surface area contributed by atoms with Crippen LogP contribution in [-0.2, 0) is 0 Å². The van der Waals surface area contributed by atoms with Crippen LogP contribution >= 0.6 is 11.6 Å². The number of nitrogens with zero attached hydrogens (tertiary/aromatic N) is 1. The van der Waals surface area contributed by atoms with Gasteiger partial charge >= 0.3 is 5.97 Å². The third kappa shape index (κ3) is 2.03. The van der Waals surface area contributed by atoms with Gasteiger partial charge in [-0.3, -0.25) is 0 Å². The lowest BCUT2D eigenvalue weighted by Crippen LogP contribution is -2.01. The average Bonchev–Trinajstić information content (AvgIpc) is 2.84. The Morgan fingerprint density at radius 2 is 1.68 bits per heavy atom. The summed E-state index contributed by atoms with van der Waals surface area (Å²) in [6.45, 7) is 0. The highest BCUT2D eigenvalue weighted by Crippen LogP contribution is 2.33. The lowest BCUT2D eigenvalue weighted by molar-refractivity contribution is 0.0652. The predicted octanol–water partition coefficient (Wildman–Crippen LogP) is 3.25. The molecule has 2 aromatic rings. The average molecular weight is 296 g/mol. The van der Waals surface area contributed by atoms with Crippen LogP contribution in [0.3, 0.4) is 0 Å². The van der Waals surface area contributed by atoms with Gasteiger partial charge in [0.1, 0.15) is 10.7 Å². The van der Waals surface area contributed by atoms with Crippen molar-refractivity contribution in [3.8, 4) is 11.3 Å². The Bertz CT molecular complexity index is 657. The number of carboxylic acid groups (broad SMARTS) is 1. The highest BCUT2D eigenvalue weighted by molar-refractivity contribution is 6.31. The molecule has 4 nitrogen and oxygen atoms in total. The molecule has 19 heavy (non-hydrogen) atoms. The van der Waals surface area contributed by atoms with Crippen LogP contribution in [0, 0.1) is 23.3 Å². The molecular formula is C10H2ClF4NO3. The summed E-state index contributed by atoms with van der Waals surface area (Å²) in [5.41, 5.74) is -1.91. The van der Waals surface area contributed by atoms with Crippen molar-refractivity contribution in [1.82, 2.24) is 5.16 Å². The smallest absolute Gasteiger partial charge is 0.374 e. The minimum absolute atomic E-state index is 0.622. The molecule has 0 aliphatic carbocycles. The summed E-state index contributed by atoms with van der Waals surface area (Å²) in [4.78, 5) is 10.5. The fourth-order valence-corrected chi connectivity index (χ4v) is 1.49. The molecular weight excluding hydrogens is 294 g/mol. The van der Waals surface area contributed by atoms with E-state index in [4.69, 9.17) is 16.7 Å². The molecule has 0 atom stereocenters. The second-order valence-electron chi connectivity index (χ2n) is 3.33. The van der Waals surface area contributed by atoms with Crippen molar-refractivity contribution in [3.63, 3.8) is 0 Å². The molecule has 9 heteroatoms. The number of aromatic carboxylic acids is 1. The summed E-state index contributed by atoms with van der Waals surface area (Å²) in [5, 5.41) is 10.2. The van der Waals surface area contributed by atoms with Crippen molar-refractivity contribution in [1.29, 1.82) is 0 Å². The first-order chi connectivity index (χ1) is 8.84. The summed E-state index contributed by atoms with van der Waals surface area (Å²) >= 11 is 5.04. The molecule has 1 heterocycles. The Kier molecular flexibility index (Phi) is 3.19. The summed E-state index contributed by atoms with van der Waals surface area (Å²) in [7, 11) is 0. The van der Waals surface area contributed by atoms with E-state index in [9.17, 15) is 22.4 Å². The SMILES string of the molecule is O=C(O)c1cc(-c2c(F)c(F)c(Cl)c(F)c2F)no1. The first kappa shape index (κ1) is 13.3. The Morgan fingerprint density at radius 1 is 1.16 bits per heavy atom. The second kappa shape index (κ2) is 4.54. The second-order valence-corrected chi connectivity index (χ2v) is 3.70. The van der Waals surface area contributed by atoms with Gasteiger partial charge in [0.05, 0.1) is 5.56 Å². The third-order valence-corrected chi connectivity index (χ3v) is 2.52. The van der Waals surface area contributed by atoms with Crippen molar-refractivity contribution in [2.45, 2.75) is 0 Å². The van der Waals surface area contributed by atoms with Crippen molar-refractivity contribution in [3.05, 3.63) is 40.1 Å². The Morgan fingerprint density at radius 3 is 2.11 bits per heavy atom. The van der Waals surface area contributed by atoms with E-state index in [-0.39, 0.29) is 0 Å². The van der Waals surface area contributed by atoms with E-state index in [1.807, 2.05) is 0 Å². The van der Waals surface area contributed by atoms with E-state index in [1.54, 1.807) is 0 Å². The van der Waals surface area contributed by atoms with Gasteiger partial charge in [0.25, 0.3) is 0 Å². The summed E-state index contributed by atoms with van der Waals surface area (Å²) in [6.07, 6.45) is 0. The van der Waals surface area contributed by atoms with Gasteiger partial charge in [-0.25, -0.2) is 22.4 Å².